The molecule has 3 heterocycles. The predicted molar refractivity (Wildman–Crippen MR) is 161 cm³/mol. The largest absolute Gasteiger partial charge is 0.453 e. The molecule has 3 fully saturated rings. The second kappa shape index (κ2) is 10.8. The van der Waals surface area contributed by atoms with Gasteiger partial charge in [-0.05, 0) is 77.3 Å². The number of carbonyl (C=O) groups excluding carboxylic acids is 2. The number of hydrogen-bond acceptors (Lipinski definition) is 6. The number of carbonyl (C=O) groups is 2. The second-order valence-corrected chi connectivity index (χ2v) is 12.9. The van der Waals surface area contributed by atoms with Crippen molar-refractivity contribution >= 4 is 12.0 Å². The number of rotatable bonds is 6. The number of fused-ring (bicyclic) bond motifs is 3. The third-order valence-electron chi connectivity index (χ3n) is 10.0. The molecule has 9 nitrogen and oxygen atoms in total. The van der Waals surface area contributed by atoms with E-state index in [1.807, 2.05) is 20.0 Å². The van der Waals surface area contributed by atoms with Gasteiger partial charge in [0.15, 0.2) is 5.79 Å². The van der Waals surface area contributed by atoms with Gasteiger partial charge < -0.3 is 29.4 Å². The minimum atomic E-state index is -0.879. The molecule has 43 heavy (non-hydrogen) atoms. The van der Waals surface area contributed by atoms with Crippen LogP contribution in [0.3, 0.4) is 0 Å². The van der Waals surface area contributed by atoms with Crippen LogP contribution >= 0.6 is 0 Å². The highest BCUT2D eigenvalue weighted by atomic mass is 16.7. The maximum absolute atomic E-state index is 13.9. The number of amides is 2. The highest BCUT2D eigenvalue weighted by molar-refractivity contribution is 5.86. The van der Waals surface area contributed by atoms with Crippen molar-refractivity contribution in [1.82, 2.24) is 20.2 Å². The zero-order valence-corrected chi connectivity index (χ0v) is 25.3. The number of ether oxygens (including phenoxy) is 3. The molecule has 1 saturated carbocycles. The Labute approximate surface area is 252 Å². The van der Waals surface area contributed by atoms with Gasteiger partial charge in [-0.1, -0.05) is 50.2 Å². The molecule has 9 heteroatoms. The minimum absolute atomic E-state index is 0.148. The van der Waals surface area contributed by atoms with Crippen molar-refractivity contribution in [2.45, 2.75) is 70.2 Å². The highest BCUT2D eigenvalue weighted by Crippen LogP contribution is 2.54. The molecule has 1 aromatic heterocycles. The van der Waals surface area contributed by atoms with E-state index >= 15 is 0 Å². The summed E-state index contributed by atoms with van der Waals surface area (Å²) >= 11 is 0. The molecule has 2 aromatic carbocycles. The molecule has 2 N–H and O–H groups in total. The lowest BCUT2D eigenvalue weighted by Crippen LogP contribution is -2.52. The van der Waals surface area contributed by atoms with Crippen molar-refractivity contribution in [2.24, 2.45) is 11.8 Å². The van der Waals surface area contributed by atoms with Crippen molar-refractivity contribution in [2.75, 3.05) is 26.9 Å². The van der Waals surface area contributed by atoms with Crippen LogP contribution in [0, 0.1) is 18.8 Å². The van der Waals surface area contributed by atoms with Crippen molar-refractivity contribution < 1.29 is 23.8 Å². The molecule has 2 amide bonds. The van der Waals surface area contributed by atoms with Gasteiger partial charge in [-0.2, -0.15) is 0 Å². The van der Waals surface area contributed by atoms with Crippen LogP contribution in [0.25, 0.3) is 22.4 Å². The monoisotopic (exact) mass is 584 g/mol. The minimum Gasteiger partial charge on any atom is -0.453 e. The Kier molecular flexibility index (Phi) is 7.05. The van der Waals surface area contributed by atoms with Crippen LogP contribution < -0.4 is 5.32 Å². The number of likely N-dealkylation sites (tertiary alicyclic amines) is 1. The van der Waals surface area contributed by atoms with Gasteiger partial charge in [-0.25, -0.2) is 9.78 Å². The van der Waals surface area contributed by atoms with Gasteiger partial charge >= 0.3 is 6.09 Å². The van der Waals surface area contributed by atoms with Crippen LogP contribution in [-0.2, 0) is 25.4 Å². The first-order valence-electron chi connectivity index (χ1n) is 15.5. The van der Waals surface area contributed by atoms with Gasteiger partial charge in [0.2, 0.25) is 5.91 Å². The van der Waals surface area contributed by atoms with Crippen LogP contribution in [0.15, 0.2) is 42.6 Å². The van der Waals surface area contributed by atoms with Gasteiger partial charge in [-0.15, -0.1) is 0 Å². The Hall–Kier alpha value is -3.69. The van der Waals surface area contributed by atoms with E-state index in [0.29, 0.717) is 31.4 Å². The molecule has 7 rings (SSSR count). The number of alkyl carbamates (subject to hydrolysis) is 1. The summed E-state index contributed by atoms with van der Waals surface area (Å²) in [4.78, 5) is 35.9. The van der Waals surface area contributed by atoms with Crippen molar-refractivity contribution in [3.63, 3.8) is 0 Å². The molecule has 4 atom stereocenters. The molecule has 2 aliphatic heterocycles. The number of H-pyrrole nitrogens is 1. The normalized spacial score (nSPS) is 24.1. The Morgan fingerprint density at radius 1 is 1.09 bits per heavy atom. The summed E-state index contributed by atoms with van der Waals surface area (Å²) < 4.78 is 16.8. The van der Waals surface area contributed by atoms with E-state index in [2.05, 4.69) is 53.6 Å². The van der Waals surface area contributed by atoms with Crippen LogP contribution in [0.5, 0.6) is 0 Å². The van der Waals surface area contributed by atoms with Crippen LogP contribution in [0.1, 0.15) is 67.6 Å². The van der Waals surface area contributed by atoms with Crippen molar-refractivity contribution in [1.29, 1.82) is 0 Å². The summed E-state index contributed by atoms with van der Waals surface area (Å²) in [6.07, 6.45) is 5.51. The third-order valence-corrected chi connectivity index (χ3v) is 10.0. The zero-order valence-electron chi connectivity index (χ0n) is 25.3. The predicted octanol–water partition coefficient (Wildman–Crippen LogP) is 5.50. The Morgan fingerprint density at radius 2 is 1.84 bits per heavy atom. The molecule has 4 aliphatic rings. The van der Waals surface area contributed by atoms with E-state index in [9.17, 15) is 9.59 Å². The Morgan fingerprint density at radius 3 is 2.51 bits per heavy atom. The highest BCUT2D eigenvalue weighted by Gasteiger charge is 2.52. The van der Waals surface area contributed by atoms with E-state index in [1.165, 1.54) is 43.1 Å². The summed E-state index contributed by atoms with van der Waals surface area (Å²) in [5, 5.41) is 2.71. The van der Waals surface area contributed by atoms with E-state index < -0.39 is 24.0 Å². The summed E-state index contributed by atoms with van der Waals surface area (Å²) in [5.41, 5.74) is 9.08. The molecule has 0 radical (unpaired) electrons. The smallest absolute Gasteiger partial charge is 0.407 e. The molecule has 0 bridgehead atoms. The second-order valence-electron chi connectivity index (χ2n) is 12.9. The summed E-state index contributed by atoms with van der Waals surface area (Å²) in [5.74, 6) is 0.955. The number of aromatic amines is 1. The SMILES string of the molecule is COC(=O)N[C@H](C(=O)N1CC2(C[C@H]1c1ncc(-c3ccc(-c4ccc(C)c5c4C4CCC4C5)cc3)[nH]1)OCCO2)C(C)C. The van der Waals surface area contributed by atoms with Gasteiger partial charge in [0.05, 0.1) is 44.8 Å². The zero-order chi connectivity index (χ0) is 29.9. The third kappa shape index (κ3) is 4.83. The van der Waals surface area contributed by atoms with Crippen molar-refractivity contribution in [3.8, 4) is 22.4 Å². The van der Waals surface area contributed by atoms with E-state index in [-0.39, 0.29) is 18.4 Å². The van der Waals surface area contributed by atoms with Crippen LogP contribution in [0.4, 0.5) is 4.79 Å². The average Bonchev–Trinajstić information content (AvgIpc) is 3.78. The lowest BCUT2D eigenvalue weighted by atomic mass is 9.73. The molecule has 2 unspecified atom stereocenters. The number of nitrogens with one attached hydrogen (secondary N) is 2. The lowest BCUT2D eigenvalue weighted by molar-refractivity contribution is -0.153. The van der Waals surface area contributed by atoms with E-state index in [4.69, 9.17) is 19.2 Å². The number of methoxy groups -OCH3 is 1. The molecule has 226 valence electrons. The van der Waals surface area contributed by atoms with Crippen molar-refractivity contribution in [3.05, 3.63) is 65.1 Å². The summed E-state index contributed by atoms with van der Waals surface area (Å²) in [6, 6.07) is 12.1. The molecular formula is C34H40N4O5. The first-order chi connectivity index (χ1) is 20.8. The molecule has 2 aliphatic carbocycles. The fraction of sp³-hybridized carbons (Fsp3) is 0.500. The average molecular weight is 585 g/mol. The summed E-state index contributed by atoms with van der Waals surface area (Å²) in [6.45, 7) is 7.25. The van der Waals surface area contributed by atoms with E-state index in [0.717, 1.165) is 17.2 Å². The topological polar surface area (TPSA) is 106 Å². The molecule has 2 saturated heterocycles. The van der Waals surface area contributed by atoms with E-state index in [1.54, 1.807) is 16.0 Å². The first-order valence-corrected chi connectivity index (χ1v) is 15.5. The number of imidazole rings is 1. The molecular weight excluding hydrogens is 544 g/mol. The van der Waals surface area contributed by atoms with Gasteiger partial charge in [0, 0.05) is 6.42 Å². The van der Waals surface area contributed by atoms with Crippen LogP contribution in [-0.4, -0.2) is 65.6 Å². The quantitative estimate of drug-likeness (QED) is 0.397. The maximum atomic E-state index is 13.9. The fourth-order valence-corrected chi connectivity index (χ4v) is 7.56. The number of benzene rings is 2. The number of aryl methyl sites for hydroxylation is 1. The number of aromatic nitrogens is 2. The Bertz CT molecular complexity index is 1540. The molecule has 3 aromatic rings. The first kappa shape index (κ1) is 28.1. The van der Waals surface area contributed by atoms with Crippen LogP contribution in [0.2, 0.25) is 0 Å². The number of nitrogens with zero attached hydrogens (tertiary/aromatic N) is 2. The molecule has 1 spiro atoms. The lowest BCUT2D eigenvalue weighted by Gasteiger charge is -2.31. The standard InChI is InChI=1S/C34H40N4O5/c1-19(2)30(37-33(40)41-4)32(39)38-18-34(42-13-14-43-34)16-28(38)31-35-17-27(36-31)22-8-6-21(7-9-22)24-11-5-20(3)26-15-23-10-12-25(23)29(24)26/h5-9,11,17,19,23,25,28,30H,10,12-16,18H2,1-4H3,(H,35,36)(H,37,40)/t23?,25?,28-,30-/m0/s1. The van der Waals surface area contributed by atoms with Gasteiger partial charge in [0.25, 0.3) is 0 Å². The number of hydrogen-bond donors (Lipinski definition) is 2. The van der Waals surface area contributed by atoms with Gasteiger partial charge in [-0.3, -0.25) is 4.79 Å². The Balaban J connectivity index is 1.15. The summed E-state index contributed by atoms with van der Waals surface area (Å²) in [7, 11) is 1.29. The van der Waals surface area contributed by atoms with Gasteiger partial charge in [0.1, 0.15) is 11.9 Å². The fourth-order valence-electron chi connectivity index (χ4n) is 7.56. The maximum Gasteiger partial charge on any atom is 0.407 e.